The molecule has 0 amide bonds. The largest absolute Gasteiger partial charge is 0.227 e. The van der Waals surface area contributed by atoms with Crippen LogP contribution in [0.1, 0.15) is 64.9 Å². The van der Waals surface area contributed by atoms with Crippen LogP contribution in [0.4, 0.5) is 0 Å². The Balaban J connectivity index is 2.22. The van der Waals surface area contributed by atoms with Gasteiger partial charge in [0.1, 0.15) is 0 Å². The van der Waals surface area contributed by atoms with Crippen molar-refractivity contribution in [2.24, 2.45) is 0 Å². The van der Waals surface area contributed by atoms with Crippen molar-refractivity contribution >= 4 is 11.6 Å². The summed E-state index contributed by atoms with van der Waals surface area (Å²) in [4.78, 5) is 0. The van der Waals surface area contributed by atoms with Gasteiger partial charge in [-0.1, -0.05) is 19.1 Å². The molecule has 0 spiro atoms. The summed E-state index contributed by atoms with van der Waals surface area (Å²) in [6.45, 7) is 0. The quantitative estimate of drug-likeness (QED) is 0.595. The molecule has 1 fully saturated rings. The standard InChI is InChI=1S/C11H19ClN4/c12-9-5-4-8-11-13-14-15-16(11)10-6-2-1-3-7-10/h10H,1-9H2/i1D2,2D2,3D2. The van der Waals surface area contributed by atoms with Crippen molar-refractivity contribution in [2.45, 2.75) is 57.3 Å². The molecule has 0 aromatic carbocycles. The van der Waals surface area contributed by atoms with E-state index in [9.17, 15) is 0 Å². The minimum atomic E-state index is -2.55. The first kappa shape index (κ1) is 6.34. The van der Waals surface area contributed by atoms with Crippen LogP contribution in [0, 0.1) is 0 Å². The number of aromatic nitrogens is 4. The molecule has 0 radical (unpaired) electrons. The Morgan fingerprint density at radius 3 is 2.88 bits per heavy atom. The Labute approximate surface area is 110 Å². The predicted octanol–water partition coefficient (Wildman–Crippen LogP) is 2.74. The minimum absolute atomic E-state index is 0.160. The van der Waals surface area contributed by atoms with Crippen LogP contribution in [-0.2, 0) is 6.42 Å². The zero-order valence-electron chi connectivity index (χ0n) is 15.0. The van der Waals surface area contributed by atoms with Crippen molar-refractivity contribution in [1.82, 2.24) is 20.2 Å². The van der Waals surface area contributed by atoms with Crippen molar-refractivity contribution in [3.63, 3.8) is 0 Å². The summed E-state index contributed by atoms with van der Waals surface area (Å²) in [5.74, 6) is 1.10. The van der Waals surface area contributed by atoms with Crippen LogP contribution in [0.15, 0.2) is 0 Å². The minimum Gasteiger partial charge on any atom is -0.227 e. The lowest BCUT2D eigenvalue weighted by molar-refractivity contribution is 0.316. The fourth-order valence-corrected chi connectivity index (χ4v) is 1.87. The Bertz CT molecular complexity index is 500. The number of halogens is 1. The molecular formula is C11H19ClN4. The molecule has 0 atom stereocenters. The van der Waals surface area contributed by atoms with Gasteiger partial charge in [0.05, 0.1) is 6.04 Å². The lowest BCUT2D eigenvalue weighted by Gasteiger charge is -2.22. The number of aryl methyl sites for hydroxylation is 1. The molecule has 0 aliphatic heterocycles. The molecule has 1 heterocycles. The van der Waals surface area contributed by atoms with E-state index in [1.165, 1.54) is 4.68 Å². The number of unbranched alkanes of at least 4 members (excludes halogenated alkanes) is 1. The number of rotatable bonds is 5. The van der Waals surface area contributed by atoms with Crippen molar-refractivity contribution in [2.75, 3.05) is 5.88 Å². The van der Waals surface area contributed by atoms with Crippen LogP contribution in [-0.4, -0.2) is 26.1 Å². The van der Waals surface area contributed by atoms with Gasteiger partial charge in [0.2, 0.25) is 0 Å². The van der Waals surface area contributed by atoms with E-state index in [-0.39, 0.29) is 12.8 Å². The molecule has 1 aliphatic rings. The third-order valence-corrected chi connectivity index (χ3v) is 2.81. The van der Waals surface area contributed by atoms with Crippen LogP contribution in [0.2, 0.25) is 0 Å². The third-order valence-electron chi connectivity index (χ3n) is 2.54. The van der Waals surface area contributed by atoms with E-state index in [2.05, 4.69) is 15.5 Å². The van der Waals surface area contributed by atoms with E-state index < -0.39 is 25.2 Å². The van der Waals surface area contributed by atoms with Crippen LogP contribution < -0.4 is 0 Å². The van der Waals surface area contributed by atoms with Crippen LogP contribution in [0.25, 0.3) is 0 Å². The SMILES string of the molecule is [2H]C1([2H])CC(n2nnnc2CCCCCl)CC([2H])([2H])C1([2H])[2H]. The fraction of sp³-hybridized carbons (Fsp3) is 0.909. The molecule has 1 saturated carbocycles. The summed E-state index contributed by atoms with van der Waals surface area (Å²) >= 11 is 5.64. The second-order valence-corrected chi connectivity index (χ2v) is 4.10. The van der Waals surface area contributed by atoms with Gasteiger partial charge < -0.3 is 0 Å². The van der Waals surface area contributed by atoms with Gasteiger partial charge in [-0.15, -0.1) is 16.7 Å². The topological polar surface area (TPSA) is 43.6 Å². The fourth-order valence-electron chi connectivity index (χ4n) is 1.68. The molecule has 1 aromatic heterocycles. The molecule has 2 rings (SSSR count). The van der Waals surface area contributed by atoms with Crippen molar-refractivity contribution in [3.8, 4) is 0 Å². The summed E-state index contributed by atoms with van der Waals surface area (Å²) in [7, 11) is 0. The lowest BCUT2D eigenvalue weighted by atomic mass is 9.95. The van der Waals surface area contributed by atoms with Gasteiger partial charge in [-0.05, 0) is 36.1 Å². The summed E-state index contributed by atoms with van der Waals surface area (Å²) in [5, 5.41) is 11.4. The average Bonchev–Trinajstić information content (AvgIpc) is 2.84. The van der Waals surface area contributed by atoms with Crippen molar-refractivity contribution in [1.29, 1.82) is 0 Å². The van der Waals surface area contributed by atoms with Crippen LogP contribution >= 0.6 is 11.6 Å². The van der Waals surface area contributed by atoms with Gasteiger partial charge >= 0.3 is 0 Å². The molecular weight excluding hydrogens is 224 g/mol. The zero-order valence-corrected chi connectivity index (χ0v) is 9.74. The molecule has 4 nitrogen and oxygen atoms in total. The zero-order chi connectivity index (χ0) is 16.6. The Kier molecular flexibility index (Phi) is 2.45. The Hall–Kier alpha value is -0.640. The molecule has 0 saturated heterocycles. The molecule has 1 aromatic rings. The molecule has 16 heavy (non-hydrogen) atoms. The Morgan fingerprint density at radius 2 is 2.12 bits per heavy atom. The highest BCUT2D eigenvalue weighted by Gasteiger charge is 2.19. The molecule has 0 N–H and O–H groups in total. The molecule has 5 heteroatoms. The van der Waals surface area contributed by atoms with Crippen LogP contribution in [0.3, 0.4) is 0 Å². The molecule has 90 valence electrons. The average molecular weight is 249 g/mol. The number of hydrogen-bond donors (Lipinski definition) is 0. The van der Waals surface area contributed by atoms with Crippen molar-refractivity contribution < 1.29 is 8.22 Å². The third kappa shape index (κ3) is 2.94. The highest BCUT2D eigenvalue weighted by molar-refractivity contribution is 6.17. The normalized spacial score (nSPS) is 32.8. The van der Waals surface area contributed by atoms with Gasteiger partial charge in [0.25, 0.3) is 0 Å². The maximum Gasteiger partial charge on any atom is 0.151 e. The molecule has 0 bridgehead atoms. The van der Waals surface area contributed by atoms with E-state index in [1.54, 1.807) is 0 Å². The van der Waals surface area contributed by atoms with Crippen molar-refractivity contribution in [3.05, 3.63) is 5.82 Å². The maximum atomic E-state index is 7.91. The number of hydrogen-bond acceptors (Lipinski definition) is 3. The van der Waals surface area contributed by atoms with E-state index in [4.69, 9.17) is 19.8 Å². The highest BCUT2D eigenvalue weighted by atomic mass is 35.5. The highest BCUT2D eigenvalue weighted by Crippen LogP contribution is 2.27. The smallest absolute Gasteiger partial charge is 0.151 e. The monoisotopic (exact) mass is 248 g/mol. The first-order chi connectivity index (χ1) is 10.1. The number of tetrazole rings is 1. The van der Waals surface area contributed by atoms with E-state index in [0.717, 1.165) is 12.8 Å². The lowest BCUT2D eigenvalue weighted by Crippen LogP contribution is -2.17. The van der Waals surface area contributed by atoms with E-state index >= 15 is 0 Å². The summed E-state index contributed by atoms with van der Waals surface area (Å²) in [5.41, 5.74) is 0. The van der Waals surface area contributed by atoms with E-state index in [0.29, 0.717) is 18.1 Å². The van der Waals surface area contributed by atoms with Gasteiger partial charge in [-0.2, -0.15) is 0 Å². The van der Waals surface area contributed by atoms with Gasteiger partial charge in [0.15, 0.2) is 5.82 Å². The second kappa shape index (κ2) is 6.18. The van der Waals surface area contributed by atoms with Gasteiger partial charge in [-0.25, -0.2) is 4.68 Å². The molecule has 0 unspecified atom stereocenters. The Morgan fingerprint density at radius 1 is 1.31 bits per heavy atom. The number of nitrogens with zero attached hydrogens (tertiary/aromatic N) is 4. The first-order valence-corrected chi connectivity index (χ1v) is 5.98. The number of alkyl halides is 1. The van der Waals surface area contributed by atoms with E-state index in [1.807, 2.05) is 0 Å². The second-order valence-electron chi connectivity index (χ2n) is 3.73. The summed E-state index contributed by atoms with van der Waals surface area (Å²) in [6.07, 6.45) is -5.28. The van der Waals surface area contributed by atoms with Gasteiger partial charge in [-0.3, -0.25) is 0 Å². The first-order valence-electron chi connectivity index (χ1n) is 8.45. The summed E-state index contributed by atoms with van der Waals surface area (Å²) < 4.78 is 48.6. The van der Waals surface area contributed by atoms with Crippen LogP contribution in [0.5, 0.6) is 0 Å². The summed E-state index contributed by atoms with van der Waals surface area (Å²) in [6, 6.07) is -0.602. The molecule has 1 aliphatic carbocycles. The maximum absolute atomic E-state index is 7.91. The predicted molar refractivity (Wildman–Crippen MR) is 63.6 cm³/mol. The van der Waals surface area contributed by atoms with Gasteiger partial charge in [0, 0.05) is 20.5 Å².